The Kier molecular flexibility index (Phi) is 5.53. The van der Waals surface area contributed by atoms with E-state index >= 15 is 0 Å². The number of aromatic nitrogens is 2. The number of carbonyl (C=O) groups excluding carboxylic acids is 1. The van der Waals surface area contributed by atoms with Crippen molar-refractivity contribution in [2.45, 2.75) is 19.5 Å². The zero-order chi connectivity index (χ0) is 19.3. The number of carbonyl (C=O) groups is 1. The van der Waals surface area contributed by atoms with E-state index in [1.165, 1.54) is 5.56 Å². The van der Waals surface area contributed by atoms with Gasteiger partial charge in [-0.25, -0.2) is 4.98 Å². The number of rotatable bonds is 5. The Bertz CT molecular complexity index is 899. The van der Waals surface area contributed by atoms with Crippen LogP contribution in [0.1, 0.15) is 22.9 Å². The Balaban J connectivity index is 1.46. The van der Waals surface area contributed by atoms with Crippen LogP contribution in [0.4, 0.5) is 0 Å². The summed E-state index contributed by atoms with van der Waals surface area (Å²) < 4.78 is 1.93. The van der Waals surface area contributed by atoms with Crippen molar-refractivity contribution in [3.63, 3.8) is 0 Å². The van der Waals surface area contributed by atoms with Crippen molar-refractivity contribution in [2.24, 2.45) is 0 Å². The molecule has 28 heavy (non-hydrogen) atoms. The highest BCUT2D eigenvalue weighted by Crippen LogP contribution is 2.22. The van der Waals surface area contributed by atoms with Gasteiger partial charge in [0.1, 0.15) is 6.04 Å². The minimum atomic E-state index is -0.358. The molecule has 1 amide bonds. The van der Waals surface area contributed by atoms with Gasteiger partial charge < -0.3 is 9.47 Å². The van der Waals surface area contributed by atoms with Gasteiger partial charge in [0.05, 0.1) is 12.0 Å². The maximum atomic E-state index is 13.4. The van der Waals surface area contributed by atoms with E-state index in [4.69, 9.17) is 0 Å². The van der Waals surface area contributed by atoms with Gasteiger partial charge in [-0.1, -0.05) is 60.7 Å². The number of nitrogens with zero attached hydrogens (tertiary/aromatic N) is 4. The highest BCUT2D eigenvalue weighted by molar-refractivity contribution is 5.83. The molecule has 0 spiro atoms. The molecule has 144 valence electrons. The number of imidazole rings is 1. The van der Waals surface area contributed by atoms with Gasteiger partial charge in [0, 0.05) is 38.9 Å². The van der Waals surface area contributed by atoms with Crippen molar-refractivity contribution in [1.29, 1.82) is 0 Å². The fourth-order valence-electron chi connectivity index (χ4n) is 3.80. The van der Waals surface area contributed by atoms with Crippen LogP contribution in [0.5, 0.6) is 0 Å². The lowest BCUT2D eigenvalue weighted by molar-refractivity contribution is -0.135. The van der Waals surface area contributed by atoms with Gasteiger partial charge in [-0.05, 0) is 18.1 Å². The second-order valence-corrected chi connectivity index (χ2v) is 7.36. The lowest BCUT2D eigenvalue weighted by atomic mass is 10.0. The number of hydrogen-bond acceptors (Lipinski definition) is 3. The van der Waals surface area contributed by atoms with E-state index in [9.17, 15) is 4.79 Å². The highest BCUT2D eigenvalue weighted by Gasteiger charge is 2.29. The van der Waals surface area contributed by atoms with Crippen molar-refractivity contribution in [3.8, 4) is 0 Å². The van der Waals surface area contributed by atoms with E-state index in [-0.39, 0.29) is 11.9 Å². The lowest BCUT2D eigenvalue weighted by Crippen LogP contribution is -2.50. The second-order valence-electron chi connectivity index (χ2n) is 7.36. The summed E-state index contributed by atoms with van der Waals surface area (Å²) in [6.45, 7) is 6.18. The van der Waals surface area contributed by atoms with E-state index in [0.29, 0.717) is 0 Å². The first-order chi connectivity index (χ1) is 13.7. The van der Waals surface area contributed by atoms with Crippen LogP contribution in [0.25, 0.3) is 0 Å². The Morgan fingerprint density at radius 3 is 2.21 bits per heavy atom. The molecule has 0 radical (unpaired) electrons. The van der Waals surface area contributed by atoms with Gasteiger partial charge in [0.2, 0.25) is 5.91 Å². The summed E-state index contributed by atoms with van der Waals surface area (Å²) in [5, 5.41) is 0. The predicted molar refractivity (Wildman–Crippen MR) is 110 cm³/mol. The number of hydrogen-bond donors (Lipinski definition) is 0. The Labute approximate surface area is 166 Å². The number of benzene rings is 2. The molecule has 1 aliphatic rings. The van der Waals surface area contributed by atoms with Crippen LogP contribution in [0.2, 0.25) is 0 Å². The molecular weight excluding hydrogens is 348 g/mol. The normalized spacial score (nSPS) is 16.1. The van der Waals surface area contributed by atoms with E-state index in [2.05, 4.69) is 34.1 Å². The molecule has 0 N–H and O–H groups in total. The first-order valence-corrected chi connectivity index (χ1v) is 9.81. The molecule has 2 heterocycles. The third-order valence-electron chi connectivity index (χ3n) is 5.31. The molecule has 1 fully saturated rings. The largest absolute Gasteiger partial charge is 0.338 e. The fraction of sp³-hybridized carbons (Fsp3) is 0.304. The first kappa shape index (κ1) is 18.4. The Morgan fingerprint density at radius 2 is 1.61 bits per heavy atom. The SMILES string of the molecule is Cc1cn(C(C(=O)N2CCN(Cc3ccccc3)CC2)c2ccccc2)cn1. The summed E-state index contributed by atoms with van der Waals surface area (Å²) in [4.78, 5) is 22.2. The van der Waals surface area contributed by atoms with Crippen LogP contribution in [0.3, 0.4) is 0 Å². The minimum Gasteiger partial charge on any atom is -0.338 e. The molecule has 1 aromatic heterocycles. The number of piperazine rings is 1. The number of aryl methyl sites for hydroxylation is 1. The molecule has 0 bridgehead atoms. The van der Waals surface area contributed by atoms with Crippen LogP contribution in [-0.2, 0) is 11.3 Å². The molecule has 1 aliphatic heterocycles. The molecule has 4 rings (SSSR count). The molecule has 1 atom stereocenters. The summed E-state index contributed by atoms with van der Waals surface area (Å²) in [5.41, 5.74) is 3.23. The van der Waals surface area contributed by atoms with Crippen molar-refractivity contribution < 1.29 is 4.79 Å². The molecular formula is C23H26N4O. The lowest BCUT2D eigenvalue weighted by Gasteiger charge is -2.36. The van der Waals surface area contributed by atoms with Crippen LogP contribution in [-0.4, -0.2) is 51.4 Å². The zero-order valence-electron chi connectivity index (χ0n) is 16.2. The fourth-order valence-corrected chi connectivity index (χ4v) is 3.80. The zero-order valence-corrected chi connectivity index (χ0v) is 16.2. The second kappa shape index (κ2) is 8.40. The molecule has 1 saturated heterocycles. The molecule has 5 nitrogen and oxygen atoms in total. The van der Waals surface area contributed by atoms with E-state index in [1.807, 2.05) is 59.0 Å². The Hall–Kier alpha value is -2.92. The molecule has 0 saturated carbocycles. The number of amides is 1. The van der Waals surface area contributed by atoms with Gasteiger partial charge in [0.25, 0.3) is 0 Å². The molecule has 3 aromatic rings. The summed E-state index contributed by atoms with van der Waals surface area (Å²) >= 11 is 0. The minimum absolute atomic E-state index is 0.142. The van der Waals surface area contributed by atoms with Crippen LogP contribution in [0, 0.1) is 6.92 Å². The van der Waals surface area contributed by atoms with E-state index < -0.39 is 0 Å². The average molecular weight is 374 g/mol. The molecule has 0 aliphatic carbocycles. The maximum absolute atomic E-state index is 13.4. The quantitative estimate of drug-likeness (QED) is 0.689. The van der Waals surface area contributed by atoms with Gasteiger partial charge in [0.15, 0.2) is 0 Å². The first-order valence-electron chi connectivity index (χ1n) is 9.81. The van der Waals surface area contributed by atoms with E-state index in [0.717, 1.165) is 44.0 Å². The smallest absolute Gasteiger partial charge is 0.250 e. The van der Waals surface area contributed by atoms with Gasteiger partial charge in [-0.2, -0.15) is 0 Å². The summed E-state index contributed by atoms with van der Waals surface area (Å²) in [6.07, 6.45) is 3.71. The van der Waals surface area contributed by atoms with Gasteiger partial charge in [-0.3, -0.25) is 9.69 Å². The summed E-state index contributed by atoms with van der Waals surface area (Å²) in [5.74, 6) is 0.142. The monoisotopic (exact) mass is 374 g/mol. The summed E-state index contributed by atoms with van der Waals surface area (Å²) in [7, 11) is 0. The maximum Gasteiger partial charge on any atom is 0.250 e. The van der Waals surface area contributed by atoms with Gasteiger partial charge in [-0.15, -0.1) is 0 Å². The third-order valence-corrected chi connectivity index (χ3v) is 5.31. The average Bonchev–Trinajstić information content (AvgIpc) is 3.16. The van der Waals surface area contributed by atoms with Crippen LogP contribution >= 0.6 is 0 Å². The van der Waals surface area contributed by atoms with E-state index in [1.54, 1.807) is 6.33 Å². The Morgan fingerprint density at radius 1 is 0.964 bits per heavy atom. The molecule has 2 aromatic carbocycles. The van der Waals surface area contributed by atoms with Crippen LogP contribution in [0.15, 0.2) is 73.2 Å². The summed E-state index contributed by atoms with van der Waals surface area (Å²) in [6, 6.07) is 20.1. The van der Waals surface area contributed by atoms with Crippen LogP contribution < -0.4 is 0 Å². The van der Waals surface area contributed by atoms with Gasteiger partial charge >= 0.3 is 0 Å². The highest BCUT2D eigenvalue weighted by atomic mass is 16.2. The standard InChI is InChI=1S/C23H26N4O/c1-19-16-27(18-24-19)22(21-10-6-3-7-11-21)23(28)26-14-12-25(13-15-26)17-20-8-4-2-5-9-20/h2-11,16,18,22H,12-15,17H2,1H3. The van der Waals surface area contributed by atoms with Crippen molar-refractivity contribution in [2.75, 3.05) is 26.2 Å². The van der Waals surface area contributed by atoms with Crippen molar-refractivity contribution in [3.05, 3.63) is 90.0 Å². The molecule has 1 unspecified atom stereocenters. The van der Waals surface area contributed by atoms with Crippen molar-refractivity contribution in [1.82, 2.24) is 19.4 Å². The topological polar surface area (TPSA) is 41.4 Å². The van der Waals surface area contributed by atoms with Crippen molar-refractivity contribution >= 4 is 5.91 Å². The molecule has 5 heteroatoms. The third kappa shape index (κ3) is 4.15. The predicted octanol–water partition coefficient (Wildman–Crippen LogP) is 3.13.